The highest BCUT2D eigenvalue weighted by molar-refractivity contribution is 6.30. The van der Waals surface area contributed by atoms with E-state index in [1.807, 2.05) is 32.9 Å². The van der Waals surface area contributed by atoms with Crippen LogP contribution in [0.4, 0.5) is 0 Å². The van der Waals surface area contributed by atoms with E-state index in [0.29, 0.717) is 10.7 Å². The first-order valence-corrected chi connectivity index (χ1v) is 6.97. The fourth-order valence-corrected chi connectivity index (χ4v) is 2.44. The van der Waals surface area contributed by atoms with Gasteiger partial charge < -0.3 is 10.3 Å². The lowest BCUT2D eigenvalue weighted by molar-refractivity contribution is -0.113. The van der Waals surface area contributed by atoms with Crippen LogP contribution in [0.2, 0.25) is 5.02 Å². The number of nitrogens with two attached hydrogens (primary N) is 1. The van der Waals surface area contributed by atoms with Crippen LogP contribution in [0.1, 0.15) is 26.3 Å². The number of benzene rings is 1. The monoisotopic (exact) mass is 303 g/mol. The molecule has 2 aromatic rings. The molecule has 0 radical (unpaired) electrons. The van der Waals surface area contributed by atoms with Gasteiger partial charge in [0.1, 0.15) is 5.70 Å². The van der Waals surface area contributed by atoms with Crippen molar-refractivity contribution in [2.45, 2.75) is 20.8 Å². The molecule has 0 spiro atoms. The van der Waals surface area contributed by atoms with Gasteiger partial charge in [0.25, 0.3) is 5.91 Å². The van der Waals surface area contributed by atoms with Crippen molar-refractivity contribution in [1.82, 2.24) is 9.55 Å². The Balaban J connectivity index is 2.76. The van der Waals surface area contributed by atoms with Gasteiger partial charge in [0.15, 0.2) is 0 Å². The highest BCUT2D eigenvalue weighted by Crippen LogP contribution is 2.38. The number of hydrogen-bond acceptors (Lipinski definition) is 2. The molecule has 2 N–H and O–H groups in total. The quantitative estimate of drug-likeness (QED) is 0.883. The Labute approximate surface area is 129 Å². The highest BCUT2D eigenvalue weighted by Gasteiger charge is 2.26. The first-order chi connectivity index (χ1) is 9.80. The summed E-state index contributed by atoms with van der Waals surface area (Å²) >= 11 is 5.95. The van der Waals surface area contributed by atoms with Gasteiger partial charge in [0.2, 0.25) is 0 Å². The van der Waals surface area contributed by atoms with Gasteiger partial charge in [-0.1, -0.05) is 44.5 Å². The van der Waals surface area contributed by atoms with Crippen LogP contribution in [0.15, 0.2) is 43.0 Å². The van der Waals surface area contributed by atoms with Gasteiger partial charge in [-0.25, -0.2) is 4.98 Å². The number of carbonyl (C=O) groups excluding carboxylic acids is 1. The molecule has 1 amide bonds. The molecule has 0 saturated carbocycles. The molecule has 0 bridgehead atoms. The molecular formula is C16H18ClN3O. The number of primary amides is 1. The molecule has 1 heterocycles. The summed E-state index contributed by atoms with van der Waals surface area (Å²) in [5.41, 5.74) is 7.53. The van der Waals surface area contributed by atoms with Crippen molar-refractivity contribution in [2.75, 3.05) is 0 Å². The van der Waals surface area contributed by atoms with Crippen LogP contribution in [-0.2, 0) is 4.79 Å². The Morgan fingerprint density at radius 3 is 2.29 bits per heavy atom. The molecule has 1 aromatic carbocycles. The summed E-state index contributed by atoms with van der Waals surface area (Å²) in [6, 6.07) is 7.38. The second kappa shape index (κ2) is 5.74. The summed E-state index contributed by atoms with van der Waals surface area (Å²) in [7, 11) is 0. The Morgan fingerprint density at radius 2 is 1.86 bits per heavy atom. The van der Waals surface area contributed by atoms with Gasteiger partial charge >= 0.3 is 0 Å². The van der Waals surface area contributed by atoms with Crippen molar-refractivity contribution >= 4 is 28.8 Å². The first kappa shape index (κ1) is 15.3. The van der Waals surface area contributed by atoms with E-state index in [-0.39, 0.29) is 5.41 Å². The molecule has 0 atom stereocenters. The van der Waals surface area contributed by atoms with E-state index in [9.17, 15) is 4.79 Å². The minimum Gasteiger partial charge on any atom is -0.364 e. The molecule has 0 fully saturated rings. The average Bonchev–Trinajstić information content (AvgIpc) is 2.89. The van der Waals surface area contributed by atoms with E-state index < -0.39 is 5.91 Å². The van der Waals surface area contributed by atoms with Crippen molar-refractivity contribution in [2.24, 2.45) is 11.1 Å². The minimum absolute atomic E-state index is 0.275. The van der Waals surface area contributed by atoms with Crippen molar-refractivity contribution in [3.05, 3.63) is 53.6 Å². The van der Waals surface area contributed by atoms with Gasteiger partial charge in [-0.15, -0.1) is 0 Å². The van der Waals surface area contributed by atoms with Crippen LogP contribution in [0, 0.1) is 5.41 Å². The normalized spacial score (nSPS) is 13.0. The molecule has 5 heteroatoms. The van der Waals surface area contributed by atoms with Crippen LogP contribution >= 0.6 is 11.6 Å². The molecule has 1 aromatic heterocycles. The van der Waals surface area contributed by atoms with Gasteiger partial charge in [-0.05, 0) is 28.7 Å². The number of rotatable bonds is 3. The largest absolute Gasteiger partial charge is 0.364 e. The summed E-state index contributed by atoms with van der Waals surface area (Å²) in [5, 5.41) is 0.648. The molecule has 0 aliphatic heterocycles. The van der Waals surface area contributed by atoms with Crippen LogP contribution in [0.5, 0.6) is 0 Å². The molecule has 0 aliphatic carbocycles. The van der Waals surface area contributed by atoms with Crippen molar-refractivity contribution < 1.29 is 4.79 Å². The third-order valence-corrected chi connectivity index (χ3v) is 3.37. The van der Waals surface area contributed by atoms with Crippen molar-refractivity contribution in [1.29, 1.82) is 0 Å². The van der Waals surface area contributed by atoms with E-state index in [4.69, 9.17) is 17.3 Å². The van der Waals surface area contributed by atoms with Crippen LogP contribution in [0.3, 0.4) is 0 Å². The smallest absolute Gasteiger partial charge is 0.266 e. The van der Waals surface area contributed by atoms with Gasteiger partial charge in [0.05, 0.1) is 6.33 Å². The third kappa shape index (κ3) is 3.34. The fourth-order valence-electron chi connectivity index (χ4n) is 2.31. The molecule has 110 valence electrons. The second-order valence-corrected chi connectivity index (χ2v) is 6.25. The zero-order valence-corrected chi connectivity index (χ0v) is 13.1. The number of halogens is 1. The average molecular weight is 304 g/mol. The van der Waals surface area contributed by atoms with Crippen LogP contribution < -0.4 is 5.73 Å². The molecule has 21 heavy (non-hydrogen) atoms. The summed E-state index contributed by atoms with van der Waals surface area (Å²) < 4.78 is 1.65. The lowest BCUT2D eigenvalue weighted by Crippen LogP contribution is -2.23. The number of hydrogen-bond donors (Lipinski definition) is 1. The zero-order valence-electron chi connectivity index (χ0n) is 12.3. The van der Waals surface area contributed by atoms with Crippen molar-refractivity contribution in [3.63, 3.8) is 0 Å². The molecule has 0 aliphatic rings. The summed E-state index contributed by atoms with van der Waals surface area (Å²) in [6.07, 6.45) is 4.90. The zero-order chi connectivity index (χ0) is 15.6. The number of nitrogens with zero attached hydrogens (tertiary/aromatic N) is 2. The van der Waals surface area contributed by atoms with Crippen LogP contribution in [-0.4, -0.2) is 15.5 Å². The van der Waals surface area contributed by atoms with Gasteiger partial charge in [-0.2, -0.15) is 0 Å². The van der Waals surface area contributed by atoms with E-state index in [2.05, 4.69) is 4.98 Å². The lowest BCUT2D eigenvalue weighted by Gasteiger charge is -2.26. The van der Waals surface area contributed by atoms with E-state index in [0.717, 1.165) is 11.1 Å². The topological polar surface area (TPSA) is 60.9 Å². The van der Waals surface area contributed by atoms with Gasteiger partial charge in [-0.3, -0.25) is 4.79 Å². The van der Waals surface area contributed by atoms with Crippen molar-refractivity contribution in [3.8, 4) is 0 Å². The molecule has 0 unspecified atom stereocenters. The highest BCUT2D eigenvalue weighted by atomic mass is 35.5. The predicted molar refractivity (Wildman–Crippen MR) is 85.4 cm³/mol. The third-order valence-electron chi connectivity index (χ3n) is 3.12. The molecule has 4 nitrogen and oxygen atoms in total. The lowest BCUT2D eigenvalue weighted by atomic mass is 9.80. The Morgan fingerprint density at radius 1 is 1.24 bits per heavy atom. The van der Waals surface area contributed by atoms with E-state index >= 15 is 0 Å². The maximum absolute atomic E-state index is 12.0. The number of aromatic nitrogens is 2. The molecule has 0 saturated heterocycles. The van der Waals surface area contributed by atoms with Crippen LogP contribution in [0.25, 0.3) is 11.3 Å². The number of imidazole rings is 1. The Hall–Kier alpha value is -2.07. The maximum Gasteiger partial charge on any atom is 0.266 e. The number of carbonyl (C=O) groups is 1. The molecular weight excluding hydrogens is 286 g/mol. The summed E-state index contributed by atoms with van der Waals surface area (Å²) in [6.45, 7) is 6.12. The second-order valence-electron chi connectivity index (χ2n) is 5.81. The fraction of sp³-hybridized carbons (Fsp3) is 0.250. The SMILES string of the molecule is CC(C)(C)C(=C(C(N)=O)n1ccnc1)c1ccc(Cl)cc1. The first-order valence-electron chi connectivity index (χ1n) is 6.59. The van der Waals surface area contributed by atoms with Gasteiger partial charge in [0, 0.05) is 17.4 Å². The summed E-state index contributed by atoms with van der Waals surface area (Å²) in [4.78, 5) is 16.0. The minimum atomic E-state index is -0.493. The molecule has 2 rings (SSSR count). The standard InChI is InChI=1S/C16H18ClN3O/c1-16(2,3)13(11-4-6-12(17)7-5-11)14(15(18)21)20-9-8-19-10-20/h4-10H,1-3H3,(H2,18,21). The Kier molecular flexibility index (Phi) is 4.19. The number of allylic oxidation sites excluding steroid dienone is 1. The predicted octanol–water partition coefficient (Wildman–Crippen LogP) is 3.44. The van der Waals surface area contributed by atoms with E-state index in [1.54, 1.807) is 35.4 Å². The van der Waals surface area contributed by atoms with E-state index in [1.165, 1.54) is 0 Å². The number of amides is 1. The maximum atomic E-state index is 12.0. The summed E-state index contributed by atoms with van der Waals surface area (Å²) in [5.74, 6) is -0.493. The Bertz CT molecular complexity index is 665.